The van der Waals surface area contributed by atoms with Crippen LogP contribution in [0.4, 0.5) is 5.69 Å². The third kappa shape index (κ3) is 7.97. The number of para-hydroxylation sites is 1. The highest BCUT2D eigenvalue weighted by Gasteiger charge is 1.87. The van der Waals surface area contributed by atoms with E-state index in [1.165, 1.54) is 5.69 Å². The first-order valence-corrected chi connectivity index (χ1v) is 5.16. The van der Waals surface area contributed by atoms with E-state index in [0.717, 1.165) is 12.8 Å². The highest BCUT2D eigenvalue weighted by atomic mass is 16.3. The minimum Gasteiger partial charge on any atom is -0.396 e. The van der Waals surface area contributed by atoms with Crippen molar-refractivity contribution in [3.8, 4) is 0 Å². The molecule has 1 aromatic carbocycles. The van der Waals surface area contributed by atoms with Gasteiger partial charge in [-0.05, 0) is 25.0 Å². The Bertz CT molecular complexity index is 220. The van der Waals surface area contributed by atoms with Gasteiger partial charge in [-0.2, -0.15) is 0 Å². The summed E-state index contributed by atoms with van der Waals surface area (Å²) >= 11 is 0. The van der Waals surface area contributed by atoms with Crippen molar-refractivity contribution in [3.05, 3.63) is 30.3 Å². The Morgan fingerprint density at radius 3 is 1.67 bits per heavy atom. The van der Waals surface area contributed by atoms with Gasteiger partial charge < -0.3 is 15.1 Å². The predicted octanol–water partition coefficient (Wildman–Crippen LogP) is 1.50. The fourth-order valence-electron chi connectivity index (χ4n) is 0.950. The van der Waals surface area contributed by atoms with Gasteiger partial charge >= 0.3 is 0 Å². The number of aliphatic hydroxyl groups is 2. The number of anilines is 1. The molecule has 15 heavy (non-hydrogen) atoms. The second kappa shape index (κ2) is 9.49. The first-order valence-electron chi connectivity index (χ1n) is 5.16. The van der Waals surface area contributed by atoms with Crippen molar-refractivity contribution in [3.63, 3.8) is 0 Å². The van der Waals surface area contributed by atoms with Crippen molar-refractivity contribution >= 4 is 5.69 Å². The summed E-state index contributed by atoms with van der Waals surface area (Å²) in [6, 6.07) is 10.3. The maximum absolute atomic E-state index is 8.09. The van der Waals surface area contributed by atoms with Gasteiger partial charge in [-0.3, -0.25) is 0 Å². The molecule has 0 fully saturated rings. The van der Waals surface area contributed by atoms with Crippen molar-refractivity contribution < 1.29 is 10.2 Å². The molecule has 0 aliphatic carbocycles. The maximum Gasteiger partial charge on any atom is 0.0431 e. The van der Waals surface area contributed by atoms with E-state index >= 15 is 0 Å². The minimum atomic E-state index is 0.195. The molecule has 0 aliphatic heterocycles. The van der Waals surface area contributed by atoms with Crippen molar-refractivity contribution in [2.45, 2.75) is 12.8 Å². The van der Waals surface area contributed by atoms with Gasteiger partial charge in [-0.25, -0.2) is 0 Å². The zero-order chi connectivity index (χ0) is 11.5. The van der Waals surface area contributed by atoms with Gasteiger partial charge in [-0.15, -0.1) is 0 Å². The molecular formula is C12H21NO2. The lowest BCUT2D eigenvalue weighted by Crippen LogP contribution is -2.07. The molecule has 0 radical (unpaired) electrons. The Hall–Kier alpha value is -1.06. The van der Waals surface area contributed by atoms with Crippen LogP contribution >= 0.6 is 0 Å². The number of rotatable bonds is 4. The average Bonchev–Trinajstić information content (AvgIpc) is 2.28. The van der Waals surface area contributed by atoms with Crippen LogP contribution in [0.3, 0.4) is 0 Å². The summed E-state index contributed by atoms with van der Waals surface area (Å²) in [5.74, 6) is 0. The first kappa shape index (κ1) is 13.9. The van der Waals surface area contributed by atoms with E-state index in [1.807, 2.05) is 32.3 Å². The zero-order valence-corrected chi connectivity index (χ0v) is 9.56. The van der Waals surface area contributed by atoms with Gasteiger partial charge in [0.15, 0.2) is 0 Å². The molecule has 0 atom stereocenters. The number of unbranched alkanes of at least 4 members (excludes halogenated alkanes) is 1. The molecule has 0 saturated carbocycles. The highest BCUT2D eigenvalue weighted by Crippen LogP contribution is 2.07. The van der Waals surface area contributed by atoms with Crippen molar-refractivity contribution in [1.82, 2.24) is 0 Å². The number of hydrogen-bond acceptors (Lipinski definition) is 3. The minimum absolute atomic E-state index is 0.195. The molecule has 2 N–H and O–H groups in total. The number of hydrogen-bond donors (Lipinski definition) is 2. The van der Waals surface area contributed by atoms with Gasteiger partial charge in [-0.1, -0.05) is 18.2 Å². The van der Waals surface area contributed by atoms with Crippen LogP contribution < -0.4 is 4.90 Å². The van der Waals surface area contributed by atoms with Gasteiger partial charge in [0, 0.05) is 33.0 Å². The molecule has 1 aromatic rings. The zero-order valence-electron chi connectivity index (χ0n) is 9.56. The third-order valence-corrected chi connectivity index (χ3v) is 1.84. The topological polar surface area (TPSA) is 43.7 Å². The fourth-order valence-corrected chi connectivity index (χ4v) is 0.950. The lowest BCUT2D eigenvalue weighted by Gasteiger charge is -2.10. The van der Waals surface area contributed by atoms with Gasteiger partial charge in [0.05, 0.1) is 0 Å². The Labute approximate surface area is 92.0 Å². The summed E-state index contributed by atoms with van der Waals surface area (Å²) in [5, 5.41) is 16.2. The van der Waals surface area contributed by atoms with Crippen molar-refractivity contribution in [2.75, 3.05) is 32.2 Å². The fraction of sp³-hybridized carbons (Fsp3) is 0.500. The van der Waals surface area contributed by atoms with Gasteiger partial charge in [0.25, 0.3) is 0 Å². The average molecular weight is 211 g/mol. The van der Waals surface area contributed by atoms with Crippen molar-refractivity contribution in [1.29, 1.82) is 0 Å². The summed E-state index contributed by atoms with van der Waals surface area (Å²) in [4.78, 5) is 2.08. The van der Waals surface area contributed by atoms with E-state index in [2.05, 4.69) is 17.0 Å². The lowest BCUT2D eigenvalue weighted by molar-refractivity contribution is 0.242. The molecular weight excluding hydrogens is 190 g/mol. The molecule has 0 heterocycles. The summed E-state index contributed by atoms with van der Waals surface area (Å²) < 4.78 is 0. The van der Waals surface area contributed by atoms with Crippen LogP contribution in [0.5, 0.6) is 0 Å². The summed E-state index contributed by atoms with van der Waals surface area (Å²) in [6.07, 6.45) is 1.44. The quantitative estimate of drug-likeness (QED) is 0.742. The van der Waals surface area contributed by atoms with E-state index in [-0.39, 0.29) is 13.2 Å². The molecule has 0 bridgehead atoms. The Morgan fingerprint density at radius 1 is 0.933 bits per heavy atom. The molecule has 3 heteroatoms. The molecule has 86 valence electrons. The molecule has 0 aromatic heterocycles. The number of benzene rings is 1. The largest absolute Gasteiger partial charge is 0.396 e. The molecule has 0 aliphatic rings. The van der Waals surface area contributed by atoms with Crippen LogP contribution in [0.2, 0.25) is 0 Å². The molecule has 0 saturated heterocycles. The van der Waals surface area contributed by atoms with Gasteiger partial charge in [0.2, 0.25) is 0 Å². The van der Waals surface area contributed by atoms with E-state index < -0.39 is 0 Å². The summed E-state index contributed by atoms with van der Waals surface area (Å²) in [7, 11) is 4.07. The Morgan fingerprint density at radius 2 is 1.40 bits per heavy atom. The molecule has 3 nitrogen and oxygen atoms in total. The first-order chi connectivity index (χ1) is 7.22. The van der Waals surface area contributed by atoms with Crippen molar-refractivity contribution in [2.24, 2.45) is 0 Å². The van der Waals surface area contributed by atoms with E-state index in [0.29, 0.717) is 0 Å². The van der Waals surface area contributed by atoms with E-state index in [4.69, 9.17) is 10.2 Å². The lowest BCUT2D eigenvalue weighted by atomic mass is 10.3. The van der Waals surface area contributed by atoms with Crippen LogP contribution in [0.25, 0.3) is 0 Å². The SMILES string of the molecule is CN(C)c1ccccc1.OCCCCO. The van der Waals surface area contributed by atoms with Gasteiger partial charge in [0.1, 0.15) is 0 Å². The molecule has 1 rings (SSSR count). The second-order valence-corrected chi connectivity index (χ2v) is 3.38. The standard InChI is InChI=1S/C8H11N.C4H10O2/c1-9(2)8-6-4-3-5-7-8;5-3-1-2-4-6/h3-7H,1-2H3;5-6H,1-4H2. The summed E-state index contributed by atoms with van der Waals surface area (Å²) in [5.41, 5.74) is 1.25. The third-order valence-electron chi connectivity index (χ3n) is 1.84. The smallest absolute Gasteiger partial charge is 0.0431 e. The Kier molecular flexibility index (Phi) is 8.82. The van der Waals surface area contributed by atoms with Crippen LogP contribution in [0, 0.1) is 0 Å². The number of nitrogens with zero attached hydrogens (tertiary/aromatic N) is 1. The monoisotopic (exact) mass is 211 g/mol. The second-order valence-electron chi connectivity index (χ2n) is 3.38. The normalized spacial score (nSPS) is 9.07. The van der Waals surface area contributed by atoms with Crippen LogP contribution in [0.1, 0.15) is 12.8 Å². The van der Waals surface area contributed by atoms with E-state index in [1.54, 1.807) is 0 Å². The highest BCUT2D eigenvalue weighted by molar-refractivity contribution is 5.43. The van der Waals surface area contributed by atoms with Crippen LogP contribution in [0.15, 0.2) is 30.3 Å². The summed E-state index contributed by atoms with van der Waals surface area (Å²) in [6.45, 7) is 0.390. The predicted molar refractivity (Wildman–Crippen MR) is 64.2 cm³/mol. The van der Waals surface area contributed by atoms with Crippen LogP contribution in [-0.2, 0) is 0 Å². The number of aliphatic hydroxyl groups excluding tert-OH is 2. The van der Waals surface area contributed by atoms with Crippen LogP contribution in [-0.4, -0.2) is 37.5 Å². The molecule has 0 amide bonds. The molecule has 0 spiro atoms. The van der Waals surface area contributed by atoms with E-state index in [9.17, 15) is 0 Å². The maximum atomic E-state index is 8.09. The Balaban J connectivity index is 0.000000288. The molecule has 0 unspecified atom stereocenters.